The number of nitrogen functional groups attached to an aromatic ring is 1. The molecule has 1 heterocycles. The summed E-state index contributed by atoms with van der Waals surface area (Å²) < 4.78 is 29.9. The van der Waals surface area contributed by atoms with E-state index in [1.165, 1.54) is 29.4 Å². The van der Waals surface area contributed by atoms with Crippen molar-refractivity contribution in [2.24, 2.45) is 0 Å². The fourth-order valence-electron chi connectivity index (χ4n) is 2.55. The minimum Gasteiger partial charge on any atom is -0.399 e. The highest BCUT2D eigenvalue weighted by Gasteiger charge is 2.09. The van der Waals surface area contributed by atoms with Gasteiger partial charge in [0.25, 0.3) is 10.1 Å². The number of nitrogens with zero attached hydrogens (tertiary/aromatic N) is 2. The van der Waals surface area contributed by atoms with Crippen LogP contribution in [0.1, 0.15) is 22.4 Å². The van der Waals surface area contributed by atoms with Crippen molar-refractivity contribution < 1.29 is 13.0 Å². The molecule has 0 saturated heterocycles. The molecule has 1 aromatic heterocycles. The van der Waals surface area contributed by atoms with Crippen molar-refractivity contribution in [3.63, 3.8) is 0 Å². The number of aryl methyl sites for hydroxylation is 2. The van der Waals surface area contributed by atoms with Gasteiger partial charge < -0.3 is 10.6 Å². The molecule has 3 N–H and O–H groups in total. The van der Waals surface area contributed by atoms with E-state index in [1.807, 2.05) is 33.3 Å². The van der Waals surface area contributed by atoms with Crippen LogP contribution in [0.5, 0.6) is 0 Å². The molecule has 0 amide bonds. The van der Waals surface area contributed by atoms with E-state index >= 15 is 0 Å². The molecule has 0 spiro atoms. The lowest BCUT2D eigenvalue weighted by Crippen LogP contribution is -2.07. The zero-order valence-corrected chi connectivity index (χ0v) is 18.4. The normalized spacial score (nSPS) is 11.1. The highest BCUT2D eigenvalue weighted by molar-refractivity contribution is 7.85. The maximum absolute atomic E-state index is 10.6. The lowest BCUT2D eigenvalue weighted by Gasteiger charge is -2.11. The number of hydrogen-bond donors (Lipinski definition) is 2. The minimum atomic E-state index is -4.10. The van der Waals surface area contributed by atoms with Crippen molar-refractivity contribution in [2.45, 2.75) is 18.7 Å². The molecule has 3 rings (SSSR count). The maximum Gasteiger partial charge on any atom is 0.294 e. The zero-order chi connectivity index (χ0) is 22.3. The Morgan fingerprint density at radius 3 is 2.20 bits per heavy atom. The largest absolute Gasteiger partial charge is 0.399 e. The number of anilines is 2. The first-order valence-corrected chi connectivity index (χ1v) is 10.7. The number of pyridine rings is 1. The van der Waals surface area contributed by atoms with E-state index < -0.39 is 10.1 Å². The summed E-state index contributed by atoms with van der Waals surface area (Å²) >= 11 is 0. The molecule has 2 aromatic carbocycles. The van der Waals surface area contributed by atoms with E-state index in [9.17, 15) is 8.42 Å². The fraction of sp³-hybridized carbons (Fsp3) is 0.174. The molecular weight excluding hydrogens is 398 g/mol. The van der Waals surface area contributed by atoms with E-state index in [0.717, 1.165) is 11.3 Å². The van der Waals surface area contributed by atoms with Crippen LogP contribution in [0.15, 0.2) is 65.7 Å². The smallest absolute Gasteiger partial charge is 0.294 e. The Labute approximate surface area is 178 Å². The summed E-state index contributed by atoms with van der Waals surface area (Å²) in [5, 5.41) is 0. The van der Waals surface area contributed by atoms with Gasteiger partial charge in [0.05, 0.1) is 4.90 Å². The molecule has 0 aliphatic rings. The Hall–Kier alpha value is -3.16. The summed E-state index contributed by atoms with van der Waals surface area (Å²) in [6.07, 6.45) is 6.04. The SMILES string of the molecule is Cc1cc(S(=O)(=O)O)ccc1N.Cc1ncccc1C=Cc1ccc(N(C)C)cc1. The molecule has 30 heavy (non-hydrogen) atoms. The van der Waals surface area contributed by atoms with Crippen LogP contribution in [0.25, 0.3) is 12.2 Å². The molecule has 0 aliphatic carbocycles. The Morgan fingerprint density at radius 2 is 1.67 bits per heavy atom. The summed E-state index contributed by atoms with van der Waals surface area (Å²) in [5.74, 6) is 0. The molecular formula is C23H27N3O3S. The van der Waals surface area contributed by atoms with Gasteiger partial charge in [-0.2, -0.15) is 8.42 Å². The van der Waals surface area contributed by atoms with Gasteiger partial charge in [-0.05, 0) is 66.9 Å². The first-order chi connectivity index (χ1) is 14.1. The van der Waals surface area contributed by atoms with Crippen LogP contribution in [0, 0.1) is 13.8 Å². The summed E-state index contributed by atoms with van der Waals surface area (Å²) in [4.78, 5) is 6.24. The van der Waals surface area contributed by atoms with E-state index in [1.54, 1.807) is 6.92 Å². The predicted molar refractivity (Wildman–Crippen MR) is 124 cm³/mol. The van der Waals surface area contributed by atoms with Crippen molar-refractivity contribution in [1.29, 1.82) is 0 Å². The Morgan fingerprint density at radius 1 is 1.00 bits per heavy atom. The third-order valence-electron chi connectivity index (χ3n) is 4.45. The fourth-order valence-corrected chi connectivity index (χ4v) is 3.12. The van der Waals surface area contributed by atoms with Gasteiger partial charge in [-0.1, -0.05) is 30.4 Å². The van der Waals surface area contributed by atoms with Crippen molar-refractivity contribution in [1.82, 2.24) is 4.98 Å². The van der Waals surface area contributed by atoms with Crippen LogP contribution in [0.3, 0.4) is 0 Å². The van der Waals surface area contributed by atoms with Crippen LogP contribution in [-0.2, 0) is 10.1 Å². The molecule has 0 bridgehead atoms. The van der Waals surface area contributed by atoms with Gasteiger partial charge in [0.1, 0.15) is 0 Å². The molecule has 0 atom stereocenters. The second-order valence-corrected chi connectivity index (χ2v) is 8.41. The second kappa shape index (κ2) is 10.0. The summed E-state index contributed by atoms with van der Waals surface area (Å²) in [7, 11) is -0.00668. The van der Waals surface area contributed by atoms with Crippen LogP contribution in [0.4, 0.5) is 11.4 Å². The maximum atomic E-state index is 10.6. The standard InChI is InChI=1S/C16H18N2.C7H9NO3S/c1-13-15(5-4-12-17-13)9-6-14-7-10-16(11-8-14)18(2)3;1-5-4-6(12(9,10)11)2-3-7(5)8/h4-12H,1-3H3;2-4H,8H2,1H3,(H,9,10,11). The van der Waals surface area contributed by atoms with Gasteiger partial charge in [-0.3, -0.25) is 9.54 Å². The van der Waals surface area contributed by atoms with Crippen molar-refractivity contribution >= 4 is 33.6 Å². The van der Waals surface area contributed by atoms with Gasteiger partial charge in [0.15, 0.2) is 0 Å². The highest BCUT2D eigenvalue weighted by atomic mass is 32.2. The molecule has 0 saturated carbocycles. The average molecular weight is 426 g/mol. The third kappa shape index (κ3) is 6.72. The van der Waals surface area contributed by atoms with Gasteiger partial charge in [0.2, 0.25) is 0 Å². The van der Waals surface area contributed by atoms with E-state index in [-0.39, 0.29) is 4.90 Å². The Bertz CT molecular complexity index is 1120. The quantitative estimate of drug-likeness (QED) is 0.473. The number of hydrogen-bond acceptors (Lipinski definition) is 5. The van der Waals surface area contributed by atoms with Crippen molar-refractivity contribution in [3.05, 3.63) is 83.2 Å². The van der Waals surface area contributed by atoms with Gasteiger partial charge >= 0.3 is 0 Å². The van der Waals surface area contributed by atoms with Crippen LogP contribution in [0.2, 0.25) is 0 Å². The number of benzene rings is 2. The van der Waals surface area contributed by atoms with Crippen LogP contribution >= 0.6 is 0 Å². The molecule has 0 aliphatic heterocycles. The monoisotopic (exact) mass is 425 g/mol. The molecule has 6 nitrogen and oxygen atoms in total. The number of rotatable bonds is 4. The second-order valence-electron chi connectivity index (χ2n) is 6.99. The van der Waals surface area contributed by atoms with E-state index in [0.29, 0.717) is 11.3 Å². The topological polar surface area (TPSA) is 96.5 Å². The van der Waals surface area contributed by atoms with Gasteiger partial charge in [0, 0.05) is 37.4 Å². The highest BCUT2D eigenvalue weighted by Crippen LogP contribution is 2.16. The molecule has 158 valence electrons. The lowest BCUT2D eigenvalue weighted by molar-refractivity contribution is 0.483. The minimum absolute atomic E-state index is 0.130. The van der Waals surface area contributed by atoms with E-state index in [4.69, 9.17) is 10.3 Å². The third-order valence-corrected chi connectivity index (χ3v) is 5.30. The Kier molecular flexibility index (Phi) is 7.74. The summed E-state index contributed by atoms with van der Waals surface area (Å²) in [6, 6.07) is 16.6. The molecule has 3 aromatic rings. The van der Waals surface area contributed by atoms with Crippen molar-refractivity contribution in [2.75, 3.05) is 24.7 Å². The summed E-state index contributed by atoms with van der Waals surface area (Å²) in [6.45, 7) is 3.69. The van der Waals surface area contributed by atoms with Gasteiger partial charge in [-0.15, -0.1) is 0 Å². The summed E-state index contributed by atoms with van der Waals surface area (Å²) in [5.41, 5.74) is 11.2. The van der Waals surface area contributed by atoms with Crippen molar-refractivity contribution in [3.8, 4) is 0 Å². The number of aromatic nitrogens is 1. The first kappa shape index (κ1) is 23.1. The van der Waals surface area contributed by atoms with Gasteiger partial charge in [-0.25, -0.2) is 0 Å². The Balaban J connectivity index is 0.000000232. The molecule has 0 fully saturated rings. The molecule has 0 unspecified atom stereocenters. The molecule has 7 heteroatoms. The van der Waals surface area contributed by atoms with Crippen LogP contribution < -0.4 is 10.6 Å². The predicted octanol–water partition coefficient (Wildman–Crippen LogP) is 4.45. The lowest BCUT2D eigenvalue weighted by atomic mass is 10.1. The first-order valence-electron chi connectivity index (χ1n) is 9.28. The van der Waals surface area contributed by atoms with Crippen LogP contribution in [-0.4, -0.2) is 32.0 Å². The molecule has 0 radical (unpaired) electrons. The van der Waals surface area contributed by atoms with E-state index in [2.05, 4.69) is 52.4 Å². The number of nitrogens with two attached hydrogens (primary N) is 1. The zero-order valence-electron chi connectivity index (χ0n) is 17.6. The average Bonchev–Trinajstić information content (AvgIpc) is 2.69.